The first kappa shape index (κ1) is 10.6. The van der Waals surface area contributed by atoms with Crippen molar-refractivity contribution in [3.63, 3.8) is 0 Å². The number of aromatic hydroxyl groups is 1. The average molecular weight is 275 g/mol. The molecule has 82 valence electrons. The zero-order valence-corrected chi connectivity index (χ0v) is 9.58. The largest absolute Gasteiger partial charge is 0.506 e. The average Bonchev–Trinajstić information content (AvgIpc) is 2.45. The van der Waals surface area contributed by atoms with Gasteiger partial charge in [0.1, 0.15) is 5.75 Å². The van der Waals surface area contributed by atoms with Crippen molar-refractivity contribution >= 4 is 15.9 Å². The smallest absolute Gasteiger partial charge is 0.170 e. The van der Waals surface area contributed by atoms with Gasteiger partial charge >= 0.3 is 0 Å². The zero-order chi connectivity index (χ0) is 10.8. The van der Waals surface area contributed by atoms with Crippen LogP contribution in [-0.4, -0.2) is 23.4 Å². The predicted molar refractivity (Wildman–Crippen MR) is 57.3 cm³/mol. The Morgan fingerprint density at radius 3 is 2.80 bits per heavy atom. The zero-order valence-electron chi connectivity index (χ0n) is 7.99. The number of hydrogen-bond donors (Lipinski definition) is 2. The van der Waals surface area contributed by atoms with Gasteiger partial charge in [-0.2, -0.15) is 0 Å². The minimum atomic E-state index is -0.281. The maximum Gasteiger partial charge on any atom is 0.170 e. The Morgan fingerprint density at radius 1 is 1.33 bits per heavy atom. The number of hydrogen-bond acceptors (Lipinski definition) is 4. The molecule has 0 aromatic heterocycles. The van der Waals surface area contributed by atoms with Gasteiger partial charge in [-0.05, 0) is 15.9 Å². The summed E-state index contributed by atoms with van der Waals surface area (Å²) in [5.41, 5.74) is 0.362. The summed E-state index contributed by atoms with van der Waals surface area (Å²) in [5, 5.41) is 18.9. The van der Waals surface area contributed by atoms with E-state index in [1.165, 1.54) is 0 Å². The minimum Gasteiger partial charge on any atom is -0.506 e. The first-order valence-electron chi connectivity index (χ1n) is 4.65. The summed E-state index contributed by atoms with van der Waals surface area (Å²) in [4.78, 5) is 0. The summed E-state index contributed by atoms with van der Waals surface area (Å²) in [6.45, 7) is 0.827. The van der Waals surface area contributed by atoms with Crippen molar-refractivity contribution < 1.29 is 19.7 Å². The van der Waals surface area contributed by atoms with Crippen molar-refractivity contribution in [2.24, 2.45) is 0 Å². The van der Waals surface area contributed by atoms with Crippen LogP contribution in [0.25, 0.3) is 0 Å². The monoisotopic (exact) mass is 274 g/mol. The number of fused-ring (bicyclic) bond motifs is 1. The van der Waals surface area contributed by atoms with Gasteiger partial charge in [0.05, 0.1) is 29.9 Å². The van der Waals surface area contributed by atoms with E-state index in [1.807, 2.05) is 0 Å². The molecule has 5 heteroatoms. The van der Waals surface area contributed by atoms with Crippen LogP contribution in [0.15, 0.2) is 10.5 Å². The topological polar surface area (TPSA) is 58.9 Å². The van der Waals surface area contributed by atoms with Crippen LogP contribution in [0.1, 0.15) is 12.0 Å². The normalized spacial score (nSPS) is 14.8. The summed E-state index contributed by atoms with van der Waals surface area (Å²) >= 11 is 3.19. The van der Waals surface area contributed by atoms with Gasteiger partial charge in [-0.3, -0.25) is 0 Å². The first-order chi connectivity index (χ1) is 7.24. The molecule has 1 heterocycles. The highest BCUT2D eigenvalue weighted by Gasteiger charge is 2.20. The Bertz CT molecular complexity index is 378. The first-order valence-corrected chi connectivity index (χ1v) is 5.44. The molecule has 0 spiro atoms. The molecule has 1 aliphatic rings. The fourth-order valence-electron chi connectivity index (χ4n) is 1.48. The summed E-state index contributed by atoms with van der Waals surface area (Å²) < 4.78 is 11.4. The van der Waals surface area contributed by atoms with Crippen molar-refractivity contribution in [2.45, 2.75) is 13.0 Å². The maximum absolute atomic E-state index is 9.70. The number of phenols is 1. The minimum absolute atomic E-state index is 0.00162. The van der Waals surface area contributed by atoms with Crippen molar-refractivity contribution in [1.29, 1.82) is 0 Å². The molecule has 0 fully saturated rings. The lowest BCUT2D eigenvalue weighted by molar-refractivity contribution is 0.257. The molecule has 0 aliphatic carbocycles. The van der Waals surface area contributed by atoms with Gasteiger partial charge in [0.2, 0.25) is 0 Å². The summed E-state index contributed by atoms with van der Waals surface area (Å²) in [7, 11) is 0. The molecule has 2 rings (SSSR count). The fourth-order valence-corrected chi connectivity index (χ4v) is 1.92. The van der Waals surface area contributed by atoms with Gasteiger partial charge in [0.15, 0.2) is 11.5 Å². The van der Waals surface area contributed by atoms with Crippen LogP contribution in [0.2, 0.25) is 0 Å². The number of ether oxygens (including phenoxy) is 2. The molecule has 0 saturated heterocycles. The van der Waals surface area contributed by atoms with E-state index in [0.29, 0.717) is 34.7 Å². The molecule has 4 nitrogen and oxygen atoms in total. The molecule has 1 aliphatic heterocycles. The van der Waals surface area contributed by atoms with Crippen molar-refractivity contribution in [2.75, 3.05) is 13.2 Å². The fraction of sp³-hybridized carbons (Fsp3) is 0.400. The van der Waals surface area contributed by atoms with Gasteiger partial charge < -0.3 is 19.7 Å². The summed E-state index contributed by atoms with van der Waals surface area (Å²) in [6, 6.07) is 1.65. The highest BCUT2D eigenvalue weighted by molar-refractivity contribution is 9.10. The maximum atomic E-state index is 9.70. The number of benzene rings is 1. The molecule has 2 N–H and O–H groups in total. The summed E-state index contributed by atoms with van der Waals surface area (Å²) in [6.07, 6.45) is 0.790. The van der Waals surface area contributed by atoms with Crippen LogP contribution in [-0.2, 0) is 6.61 Å². The Balaban J connectivity index is 2.56. The van der Waals surface area contributed by atoms with Crippen LogP contribution >= 0.6 is 15.9 Å². The Morgan fingerprint density at radius 2 is 2.07 bits per heavy atom. The molecule has 0 saturated carbocycles. The molecule has 15 heavy (non-hydrogen) atoms. The van der Waals surface area contributed by atoms with Gasteiger partial charge in [-0.15, -0.1) is 0 Å². The molecule has 0 bridgehead atoms. The van der Waals surface area contributed by atoms with E-state index in [1.54, 1.807) is 6.07 Å². The number of aliphatic hydroxyl groups is 1. The SMILES string of the molecule is OCc1c(O)c(Br)cc2c1OCCCO2. The second-order valence-electron chi connectivity index (χ2n) is 3.22. The third kappa shape index (κ3) is 1.89. The van der Waals surface area contributed by atoms with E-state index in [9.17, 15) is 10.2 Å². The molecular weight excluding hydrogens is 264 g/mol. The number of halogens is 1. The Kier molecular flexibility index (Phi) is 3.02. The van der Waals surface area contributed by atoms with Gasteiger partial charge in [0, 0.05) is 12.5 Å². The standard InChI is InChI=1S/C10H11BrO4/c11-7-4-8-10(6(5-12)9(7)13)15-3-1-2-14-8/h4,12-13H,1-3,5H2. The van der Waals surface area contributed by atoms with Crippen LogP contribution in [0.5, 0.6) is 17.2 Å². The molecule has 0 unspecified atom stereocenters. The van der Waals surface area contributed by atoms with Crippen LogP contribution < -0.4 is 9.47 Å². The van der Waals surface area contributed by atoms with Crippen molar-refractivity contribution in [1.82, 2.24) is 0 Å². The van der Waals surface area contributed by atoms with E-state index in [0.717, 1.165) is 6.42 Å². The highest BCUT2D eigenvalue weighted by atomic mass is 79.9. The Hall–Kier alpha value is -0.940. The quantitative estimate of drug-likeness (QED) is 0.820. The second-order valence-corrected chi connectivity index (χ2v) is 4.08. The number of rotatable bonds is 1. The van der Waals surface area contributed by atoms with Crippen LogP contribution in [0.4, 0.5) is 0 Å². The van der Waals surface area contributed by atoms with Crippen LogP contribution in [0, 0.1) is 0 Å². The van der Waals surface area contributed by atoms with Gasteiger partial charge in [-0.25, -0.2) is 0 Å². The number of aliphatic hydroxyl groups excluding tert-OH is 1. The molecule has 0 radical (unpaired) electrons. The molecule has 1 aromatic carbocycles. The van der Waals surface area contributed by atoms with Crippen molar-refractivity contribution in [3.05, 3.63) is 16.1 Å². The lowest BCUT2D eigenvalue weighted by Crippen LogP contribution is -1.99. The van der Waals surface area contributed by atoms with Crippen molar-refractivity contribution in [3.8, 4) is 17.2 Å². The molecule has 0 atom stereocenters. The van der Waals surface area contributed by atoms with E-state index in [2.05, 4.69) is 15.9 Å². The van der Waals surface area contributed by atoms with E-state index < -0.39 is 0 Å². The van der Waals surface area contributed by atoms with E-state index >= 15 is 0 Å². The third-order valence-electron chi connectivity index (χ3n) is 2.22. The van der Waals surface area contributed by atoms with E-state index in [-0.39, 0.29) is 12.4 Å². The van der Waals surface area contributed by atoms with Crippen LogP contribution in [0.3, 0.4) is 0 Å². The van der Waals surface area contributed by atoms with Gasteiger partial charge in [-0.1, -0.05) is 0 Å². The Labute approximate surface area is 95.6 Å². The second kappa shape index (κ2) is 4.28. The lowest BCUT2D eigenvalue weighted by atomic mass is 10.1. The van der Waals surface area contributed by atoms with E-state index in [4.69, 9.17) is 9.47 Å². The summed E-state index contributed by atoms with van der Waals surface area (Å²) in [5.74, 6) is 0.999. The predicted octanol–water partition coefficient (Wildman–Crippen LogP) is 1.81. The van der Waals surface area contributed by atoms with Gasteiger partial charge in [0.25, 0.3) is 0 Å². The molecule has 1 aromatic rings. The molecular formula is C10H11BrO4. The lowest BCUT2D eigenvalue weighted by Gasteiger charge is -2.13. The third-order valence-corrected chi connectivity index (χ3v) is 2.82. The molecule has 0 amide bonds. The highest BCUT2D eigenvalue weighted by Crippen LogP contribution is 2.43.